The van der Waals surface area contributed by atoms with Crippen LogP contribution in [0.15, 0.2) is 29.2 Å². The maximum atomic E-state index is 11.9. The van der Waals surface area contributed by atoms with Crippen LogP contribution in [0.5, 0.6) is 5.75 Å². The molecule has 142 valence electrons. The Kier molecular flexibility index (Phi) is 6.22. The third kappa shape index (κ3) is 4.58. The first kappa shape index (κ1) is 19.2. The second-order valence-electron chi connectivity index (χ2n) is 7.39. The van der Waals surface area contributed by atoms with E-state index in [1.165, 1.54) is 0 Å². The predicted octanol–water partition coefficient (Wildman–Crippen LogP) is 3.75. The second kappa shape index (κ2) is 8.42. The summed E-state index contributed by atoms with van der Waals surface area (Å²) in [4.78, 5) is 14.5. The van der Waals surface area contributed by atoms with Gasteiger partial charge in [0, 0.05) is 23.7 Å². The number of benzene rings is 1. The summed E-state index contributed by atoms with van der Waals surface area (Å²) in [6.45, 7) is 0.202. The van der Waals surface area contributed by atoms with Crippen LogP contribution in [-0.4, -0.2) is 28.3 Å². The van der Waals surface area contributed by atoms with Gasteiger partial charge in [-0.1, -0.05) is 11.6 Å². The van der Waals surface area contributed by atoms with Crippen LogP contribution in [-0.2, 0) is 0 Å². The molecule has 1 saturated carbocycles. The zero-order valence-electron chi connectivity index (χ0n) is 15.0. The zero-order chi connectivity index (χ0) is 18.6. The topological polar surface area (TPSA) is 88.3 Å². The highest BCUT2D eigenvalue weighted by atomic mass is 35.5. The van der Waals surface area contributed by atoms with E-state index in [1.54, 1.807) is 12.3 Å². The third-order valence-electron chi connectivity index (χ3n) is 5.35. The summed E-state index contributed by atoms with van der Waals surface area (Å²) < 4.78 is 6.19. The van der Waals surface area contributed by atoms with E-state index < -0.39 is 0 Å². The minimum Gasteiger partial charge on any atom is -0.489 e. The lowest BCUT2D eigenvalue weighted by Gasteiger charge is -2.33. The Balaban J connectivity index is 1.67. The third-order valence-corrected chi connectivity index (χ3v) is 5.65. The molecule has 5 nitrogen and oxygen atoms in total. The lowest BCUT2D eigenvalue weighted by molar-refractivity contribution is 0.146. The van der Waals surface area contributed by atoms with Gasteiger partial charge in [-0.15, -0.1) is 0 Å². The number of fused-ring (bicyclic) bond motifs is 1. The van der Waals surface area contributed by atoms with Crippen LogP contribution in [0.3, 0.4) is 0 Å². The van der Waals surface area contributed by atoms with Gasteiger partial charge in [-0.05, 0) is 75.0 Å². The van der Waals surface area contributed by atoms with Crippen molar-refractivity contribution >= 4 is 22.4 Å². The van der Waals surface area contributed by atoms with Gasteiger partial charge >= 0.3 is 0 Å². The van der Waals surface area contributed by atoms with E-state index in [4.69, 9.17) is 27.2 Å². The Bertz CT molecular complexity index is 795. The summed E-state index contributed by atoms with van der Waals surface area (Å²) in [5.41, 5.74) is 6.20. The standard InChI is InChI=1S/C20H27ClN2O3/c21-17-13-16-14(6-10-23-19(16)25)12-18(17)26-15-4-1-7-20(22,8-2-5-15)9-3-11-24/h6,10,12-13,15,24H,1-5,7-9,11,22H2,(H,23,25). The maximum absolute atomic E-state index is 11.9. The fourth-order valence-corrected chi connectivity index (χ4v) is 4.10. The number of aliphatic hydroxyl groups excluding tert-OH is 1. The molecule has 26 heavy (non-hydrogen) atoms. The number of halogens is 1. The molecule has 0 aliphatic heterocycles. The number of aliphatic hydroxyl groups is 1. The van der Waals surface area contributed by atoms with Crippen molar-refractivity contribution in [2.75, 3.05) is 6.61 Å². The summed E-state index contributed by atoms with van der Waals surface area (Å²) in [6.07, 6.45) is 9.14. The van der Waals surface area contributed by atoms with Crippen LogP contribution >= 0.6 is 11.6 Å². The molecule has 1 aliphatic carbocycles. The maximum Gasteiger partial charge on any atom is 0.255 e. The molecule has 1 fully saturated rings. The van der Waals surface area contributed by atoms with Gasteiger partial charge in [-0.3, -0.25) is 4.79 Å². The summed E-state index contributed by atoms with van der Waals surface area (Å²) in [5, 5.41) is 10.9. The summed E-state index contributed by atoms with van der Waals surface area (Å²) in [7, 11) is 0. The molecule has 0 bridgehead atoms. The molecule has 1 aliphatic rings. The average molecular weight is 379 g/mol. The van der Waals surface area contributed by atoms with E-state index in [-0.39, 0.29) is 23.8 Å². The molecular weight excluding hydrogens is 352 g/mol. The Morgan fingerprint density at radius 3 is 2.73 bits per heavy atom. The number of hydrogen-bond acceptors (Lipinski definition) is 4. The van der Waals surface area contributed by atoms with Gasteiger partial charge in [0.1, 0.15) is 5.75 Å². The molecule has 4 N–H and O–H groups in total. The molecule has 1 heterocycles. The van der Waals surface area contributed by atoms with Gasteiger partial charge in [0.05, 0.1) is 11.1 Å². The van der Waals surface area contributed by atoms with Crippen LogP contribution in [0, 0.1) is 0 Å². The second-order valence-corrected chi connectivity index (χ2v) is 7.80. The zero-order valence-corrected chi connectivity index (χ0v) is 15.7. The first-order chi connectivity index (χ1) is 12.5. The van der Waals surface area contributed by atoms with E-state index in [0.29, 0.717) is 16.2 Å². The monoisotopic (exact) mass is 378 g/mol. The molecule has 0 amide bonds. The van der Waals surface area contributed by atoms with Crippen molar-refractivity contribution in [3.63, 3.8) is 0 Å². The van der Waals surface area contributed by atoms with Crippen molar-refractivity contribution in [1.29, 1.82) is 0 Å². The molecule has 6 heteroatoms. The molecule has 2 aromatic rings. The largest absolute Gasteiger partial charge is 0.489 e. The van der Waals surface area contributed by atoms with E-state index in [2.05, 4.69) is 4.98 Å². The van der Waals surface area contributed by atoms with Crippen molar-refractivity contribution in [3.8, 4) is 5.75 Å². The highest BCUT2D eigenvalue weighted by Crippen LogP contribution is 2.33. The number of nitrogens with two attached hydrogens (primary N) is 1. The van der Waals surface area contributed by atoms with E-state index in [9.17, 15) is 4.79 Å². The normalized spacial score (nSPS) is 24.2. The number of nitrogens with one attached hydrogen (secondary N) is 1. The average Bonchev–Trinajstić information content (AvgIpc) is 2.60. The van der Waals surface area contributed by atoms with Gasteiger partial charge in [0.15, 0.2) is 0 Å². The Morgan fingerprint density at radius 1 is 1.31 bits per heavy atom. The predicted molar refractivity (Wildman–Crippen MR) is 105 cm³/mol. The fraction of sp³-hybridized carbons (Fsp3) is 0.550. The Hall–Kier alpha value is -1.56. The van der Waals surface area contributed by atoms with Crippen molar-refractivity contribution in [1.82, 2.24) is 4.98 Å². The Labute approximate surface area is 158 Å². The highest BCUT2D eigenvalue weighted by molar-refractivity contribution is 6.32. The first-order valence-electron chi connectivity index (χ1n) is 9.38. The minimum absolute atomic E-state index is 0.106. The SMILES string of the molecule is NC1(CCCO)CCCC(Oc2cc3cc[nH]c(=O)c3cc2Cl)CCC1. The quantitative estimate of drug-likeness (QED) is 0.739. The minimum atomic E-state index is -0.157. The van der Waals surface area contributed by atoms with Crippen LogP contribution in [0.4, 0.5) is 0 Å². The van der Waals surface area contributed by atoms with Crippen molar-refractivity contribution in [2.24, 2.45) is 5.73 Å². The van der Waals surface area contributed by atoms with Gasteiger partial charge in [-0.25, -0.2) is 0 Å². The van der Waals surface area contributed by atoms with Gasteiger partial charge in [-0.2, -0.15) is 0 Å². The van der Waals surface area contributed by atoms with Crippen LogP contribution in [0.25, 0.3) is 10.8 Å². The molecule has 1 aromatic heterocycles. The van der Waals surface area contributed by atoms with E-state index >= 15 is 0 Å². The lowest BCUT2D eigenvalue weighted by Crippen LogP contribution is -2.41. The lowest BCUT2D eigenvalue weighted by atomic mass is 9.81. The summed E-state index contributed by atoms with van der Waals surface area (Å²) >= 11 is 6.35. The van der Waals surface area contributed by atoms with E-state index in [0.717, 1.165) is 56.8 Å². The first-order valence-corrected chi connectivity index (χ1v) is 9.76. The molecule has 0 saturated heterocycles. The number of rotatable bonds is 5. The number of pyridine rings is 1. The van der Waals surface area contributed by atoms with Crippen molar-refractivity contribution < 1.29 is 9.84 Å². The van der Waals surface area contributed by atoms with E-state index in [1.807, 2.05) is 12.1 Å². The smallest absolute Gasteiger partial charge is 0.255 e. The summed E-state index contributed by atoms with van der Waals surface area (Å²) in [5.74, 6) is 0.634. The number of hydrogen-bond donors (Lipinski definition) is 3. The van der Waals surface area contributed by atoms with Crippen LogP contribution in [0.1, 0.15) is 51.4 Å². The number of ether oxygens (including phenoxy) is 1. The fourth-order valence-electron chi connectivity index (χ4n) is 3.89. The molecule has 0 atom stereocenters. The molecule has 0 spiro atoms. The van der Waals surface area contributed by atoms with Crippen molar-refractivity contribution in [3.05, 3.63) is 39.8 Å². The van der Waals surface area contributed by atoms with Crippen molar-refractivity contribution in [2.45, 2.75) is 63.0 Å². The summed E-state index contributed by atoms with van der Waals surface area (Å²) in [6, 6.07) is 5.37. The van der Waals surface area contributed by atoms with Crippen LogP contribution in [0.2, 0.25) is 5.02 Å². The number of aromatic amines is 1. The molecular formula is C20H27ClN2O3. The van der Waals surface area contributed by atoms with Gasteiger partial charge in [0.25, 0.3) is 5.56 Å². The molecule has 0 radical (unpaired) electrons. The molecule has 0 unspecified atom stereocenters. The van der Waals surface area contributed by atoms with Crippen LogP contribution < -0.4 is 16.0 Å². The molecule has 1 aromatic carbocycles. The number of aromatic nitrogens is 1. The number of H-pyrrole nitrogens is 1. The van der Waals surface area contributed by atoms with Gasteiger partial charge < -0.3 is 20.6 Å². The Morgan fingerprint density at radius 2 is 2.04 bits per heavy atom. The highest BCUT2D eigenvalue weighted by Gasteiger charge is 2.27. The molecule has 3 rings (SSSR count). The van der Waals surface area contributed by atoms with Gasteiger partial charge in [0.2, 0.25) is 0 Å².